The van der Waals surface area contributed by atoms with Gasteiger partial charge in [-0.25, -0.2) is 0 Å². The molecular weight excluding hydrogens is 306 g/mol. The first-order valence-electron chi connectivity index (χ1n) is 8.15. The van der Waals surface area contributed by atoms with Gasteiger partial charge in [0.2, 0.25) is 0 Å². The lowest BCUT2D eigenvalue weighted by Crippen LogP contribution is -2.25. The molecule has 1 saturated heterocycles. The Bertz CT molecular complexity index is 700. The summed E-state index contributed by atoms with van der Waals surface area (Å²) in [5, 5.41) is 10.0. The lowest BCUT2D eigenvalue weighted by molar-refractivity contribution is 0.0245. The van der Waals surface area contributed by atoms with Gasteiger partial charge in [0.25, 0.3) is 0 Å². The SMILES string of the molecule is Cc1cc(N)cc(C)c1Oc1ccc(O)c(OC2CCOCC2)c1. The van der Waals surface area contributed by atoms with Crippen LogP contribution >= 0.6 is 0 Å². The zero-order valence-corrected chi connectivity index (χ0v) is 14.0. The maximum Gasteiger partial charge on any atom is 0.165 e. The number of rotatable bonds is 4. The maximum absolute atomic E-state index is 10.0. The highest BCUT2D eigenvalue weighted by molar-refractivity contribution is 5.54. The number of nitrogens with two attached hydrogens (primary N) is 1. The molecule has 0 saturated carbocycles. The van der Waals surface area contributed by atoms with Gasteiger partial charge in [0, 0.05) is 24.6 Å². The molecule has 0 amide bonds. The second-order valence-corrected chi connectivity index (χ2v) is 6.15. The number of aryl methyl sites for hydroxylation is 2. The van der Waals surface area contributed by atoms with Crippen molar-refractivity contribution in [1.29, 1.82) is 0 Å². The van der Waals surface area contributed by atoms with Gasteiger partial charge in [0.05, 0.1) is 13.2 Å². The fourth-order valence-electron chi connectivity index (χ4n) is 2.89. The molecule has 0 aliphatic carbocycles. The molecule has 128 valence electrons. The molecular formula is C19H23NO4. The number of phenols is 1. The van der Waals surface area contributed by atoms with Crippen LogP contribution in [0.4, 0.5) is 5.69 Å². The molecule has 5 heteroatoms. The van der Waals surface area contributed by atoms with Gasteiger partial charge >= 0.3 is 0 Å². The third kappa shape index (κ3) is 3.74. The smallest absolute Gasteiger partial charge is 0.165 e. The lowest BCUT2D eigenvalue weighted by atomic mass is 10.1. The van der Waals surface area contributed by atoms with Crippen molar-refractivity contribution in [1.82, 2.24) is 0 Å². The van der Waals surface area contributed by atoms with Crippen LogP contribution in [0.15, 0.2) is 30.3 Å². The van der Waals surface area contributed by atoms with Crippen LogP contribution in [0.3, 0.4) is 0 Å². The highest BCUT2D eigenvalue weighted by atomic mass is 16.5. The second-order valence-electron chi connectivity index (χ2n) is 6.15. The number of hydrogen-bond acceptors (Lipinski definition) is 5. The maximum atomic E-state index is 10.0. The third-order valence-corrected chi connectivity index (χ3v) is 4.10. The number of hydrogen-bond donors (Lipinski definition) is 2. The van der Waals surface area contributed by atoms with Gasteiger partial charge < -0.3 is 25.1 Å². The van der Waals surface area contributed by atoms with Gasteiger partial charge in [-0.1, -0.05) is 0 Å². The molecule has 24 heavy (non-hydrogen) atoms. The summed E-state index contributed by atoms with van der Waals surface area (Å²) in [7, 11) is 0. The molecule has 2 aromatic rings. The number of benzene rings is 2. The molecule has 5 nitrogen and oxygen atoms in total. The Balaban J connectivity index is 1.80. The average Bonchev–Trinajstić information content (AvgIpc) is 2.55. The standard InChI is InChI=1S/C19H23NO4/c1-12-9-14(20)10-13(2)19(12)24-16-3-4-17(21)18(11-16)23-15-5-7-22-8-6-15/h3-4,9-11,15,21H,5-8,20H2,1-2H3. The largest absolute Gasteiger partial charge is 0.504 e. The van der Waals surface area contributed by atoms with Crippen LogP contribution in [0.2, 0.25) is 0 Å². The summed E-state index contributed by atoms with van der Waals surface area (Å²) < 4.78 is 17.3. The van der Waals surface area contributed by atoms with E-state index in [1.807, 2.05) is 26.0 Å². The summed E-state index contributed by atoms with van der Waals surface area (Å²) in [6, 6.07) is 8.79. The first kappa shape index (κ1) is 16.5. The summed E-state index contributed by atoms with van der Waals surface area (Å²) >= 11 is 0. The molecule has 3 rings (SSSR count). The van der Waals surface area contributed by atoms with E-state index in [0.717, 1.165) is 29.7 Å². The van der Waals surface area contributed by atoms with Crippen LogP contribution < -0.4 is 15.2 Å². The van der Waals surface area contributed by atoms with Crippen molar-refractivity contribution in [3.8, 4) is 23.0 Å². The normalized spacial score (nSPS) is 15.2. The van der Waals surface area contributed by atoms with Gasteiger partial charge in [-0.2, -0.15) is 0 Å². The number of anilines is 1. The predicted octanol–water partition coefficient (Wildman–Crippen LogP) is 3.94. The van der Waals surface area contributed by atoms with Crippen LogP contribution in [0.1, 0.15) is 24.0 Å². The van der Waals surface area contributed by atoms with E-state index < -0.39 is 0 Å². The van der Waals surface area contributed by atoms with Crippen LogP contribution in [-0.4, -0.2) is 24.4 Å². The number of aromatic hydroxyl groups is 1. The average molecular weight is 329 g/mol. The highest BCUT2D eigenvalue weighted by Gasteiger charge is 2.18. The van der Waals surface area contributed by atoms with Crippen molar-refractivity contribution in [3.05, 3.63) is 41.5 Å². The van der Waals surface area contributed by atoms with Gasteiger partial charge in [-0.3, -0.25) is 0 Å². The van der Waals surface area contributed by atoms with Crippen molar-refractivity contribution >= 4 is 5.69 Å². The monoisotopic (exact) mass is 329 g/mol. The van der Waals surface area contributed by atoms with E-state index in [1.165, 1.54) is 0 Å². The lowest BCUT2D eigenvalue weighted by Gasteiger charge is -2.24. The molecule has 0 spiro atoms. The summed E-state index contributed by atoms with van der Waals surface area (Å²) in [5.41, 5.74) is 8.50. The minimum Gasteiger partial charge on any atom is -0.504 e. The van der Waals surface area contributed by atoms with Gasteiger partial charge in [0.15, 0.2) is 11.5 Å². The first-order chi connectivity index (χ1) is 11.5. The first-order valence-corrected chi connectivity index (χ1v) is 8.15. The molecule has 1 aliphatic rings. The summed E-state index contributed by atoms with van der Waals surface area (Å²) in [4.78, 5) is 0. The van der Waals surface area contributed by atoms with Crippen molar-refractivity contribution in [2.24, 2.45) is 0 Å². The molecule has 0 unspecified atom stereocenters. The molecule has 1 fully saturated rings. The zero-order chi connectivity index (χ0) is 17.1. The predicted molar refractivity (Wildman–Crippen MR) is 93.0 cm³/mol. The molecule has 0 atom stereocenters. The van der Waals surface area contributed by atoms with E-state index in [9.17, 15) is 5.11 Å². The van der Waals surface area contributed by atoms with Crippen molar-refractivity contribution < 1.29 is 19.3 Å². The van der Waals surface area contributed by atoms with E-state index >= 15 is 0 Å². The Hall–Kier alpha value is -2.40. The van der Waals surface area contributed by atoms with Crippen LogP contribution in [0.5, 0.6) is 23.0 Å². The highest BCUT2D eigenvalue weighted by Crippen LogP contribution is 2.36. The molecule has 0 bridgehead atoms. The minimum atomic E-state index is 0.0555. The topological polar surface area (TPSA) is 73.9 Å². The number of nitrogen functional groups attached to an aromatic ring is 1. The van der Waals surface area contributed by atoms with Crippen molar-refractivity contribution in [2.75, 3.05) is 18.9 Å². The number of ether oxygens (including phenoxy) is 3. The zero-order valence-electron chi connectivity index (χ0n) is 14.0. The quantitative estimate of drug-likeness (QED) is 0.831. The van der Waals surface area contributed by atoms with Gasteiger partial charge in [-0.05, 0) is 49.2 Å². The van der Waals surface area contributed by atoms with Crippen LogP contribution in [-0.2, 0) is 4.74 Å². The Morgan fingerprint density at radius 2 is 1.75 bits per heavy atom. The van der Waals surface area contributed by atoms with Crippen molar-refractivity contribution in [3.63, 3.8) is 0 Å². The molecule has 0 radical (unpaired) electrons. The fraction of sp³-hybridized carbons (Fsp3) is 0.368. The Morgan fingerprint density at radius 3 is 2.42 bits per heavy atom. The van der Waals surface area contributed by atoms with Crippen LogP contribution in [0, 0.1) is 13.8 Å². The molecule has 3 N–H and O–H groups in total. The van der Waals surface area contributed by atoms with E-state index in [2.05, 4.69) is 0 Å². The summed E-state index contributed by atoms with van der Waals surface area (Å²) in [6.45, 7) is 5.29. The summed E-state index contributed by atoms with van der Waals surface area (Å²) in [6.07, 6.45) is 1.70. The Labute approximate surface area is 142 Å². The molecule has 0 aromatic heterocycles. The van der Waals surface area contributed by atoms with E-state index in [-0.39, 0.29) is 11.9 Å². The number of phenolic OH excluding ortho intramolecular Hbond substituents is 1. The van der Waals surface area contributed by atoms with Gasteiger partial charge in [0.1, 0.15) is 17.6 Å². The Kier molecular flexibility index (Phi) is 4.81. The van der Waals surface area contributed by atoms with E-state index in [4.69, 9.17) is 19.9 Å². The minimum absolute atomic E-state index is 0.0555. The Morgan fingerprint density at radius 1 is 1.08 bits per heavy atom. The summed E-state index contributed by atoms with van der Waals surface area (Å²) in [5.74, 6) is 1.93. The second kappa shape index (κ2) is 7.01. The molecule has 1 heterocycles. The molecule has 2 aromatic carbocycles. The van der Waals surface area contributed by atoms with Gasteiger partial charge in [-0.15, -0.1) is 0 Å². The van der Waals surface area contributed by atoms with Crippen LogP contribution in [0.25, 0.3) is 0 Å². The van der Waals surface area contributed by atoms with Crippen molar-refractivity contribution in [2.45, 2.75) is 32.8 Å². The van der Waals surface area contributed by atoms with E-state index in [0.29, 0.717) is 30.4 Å². The fourth-order valence-corrected chi connectivity index (χ4v) is 2.89. The van der Waals surface area contributed by atoms with E-state index in [1.54, 1.807) is 18.2 Å². The molecule has 1 aliphatic heterocycles. The third-order valence-electron chi connectivity index (χ3n) is 4.10.